The standard InChI is InChI=1S/C12H16N2O3/c1-14(10-6-4-3-5-7-10)12(16)11(15)13-8-9-17-2/h3-7H,8-9H2,1-2H3,(H,13,15). The molecule has 0 aliphatic rings. The molecule has 92 valence electrons. The molecule has 0 unspecified atom stereocenters. The fourth-order valence-electron chi connectivity index (χ4n) is 1.26. The highest BCUT2D eigenvalue weighted by atomic mass is 16.5. The summed E-state index contributed by atoms with van der Waals surface area (Å²) in [6, 6.07) is 8.99. The van der Waals surface area contributed by atoms with E-state index in [0.29, 0.717) is 18.8 Å². The second-order valence-corrected chi connectivity index (χ2v) is 3.45. The molecule has 0 radical (unpaired) electrons. The van der Waals surface area contributed by atoms with Crippen molar-refractivity contribution in [3.05, 3.63) is 30.3 Å². The maximum absolute atomic E-state index is 11.7. The lowest BCUT2D eigenvalue weighted by Crippen LogP contribution is -2.42. The number of likely N-dealkylation sites (N-methyl/N-ethyl adjacent to an activating group) is 1. The number of methoxy groups -OCH3 is 1. The number of carbonyl (C=O) groups excluding carboxylic acids is 2. The van der Waals surface area contributed by atoms with Gasteiger partial charge in [0.25, 0.3) is 0 Å². The number of anilines is 1. The normalized spacial score (nSPS) is 9.76. The molecular formula is C12H16N2O3. The summed E-state index contributed by atoms with van der Waals surface area (Å²) >= 11 is 0. The number of rotatable bonds is 4. The maximum Gasteiger partial charge on any atom is 0.316 e. The van der Waals surface area contributed by atoms with E-state index >= 15 is 0 Å². The summed E-state index contributed by atoms with van der Waals surface area (Å²) in [5.74, 6) is -1.22. The third-order valence-corrected chi connectivity index (χ3v) is 2.23. The molecule has 1 aromatic carbocycles. The van der Waals surface area contributed by atoms with Gasteiger partial charge in [-0.3, -0.25) is 9.59 Å². The summed E-state index contributed by atoms with van der Waals surface area (Å²) in [6.07, 6.45) is 0. The van der Waals surface area contributed by atoms with Crippen molar-refractivity contribution in [3.63, 3.8) is 0 Å². The molecular weight excluding hydrogens is 220 g/mol. The Morgan fingerprint density at radius 1 is 1.29 bits per heavy atom. The van der Waals surface area contributed by atoms with Gasteiger partial charge in [0.1, 0.15) is 0 Å². The first-order valence-electron chi connectivity index (χ1n) is 5.26. The van der Waals surface area contributed by atoms with E-state index in [0.717, 1.165) is 0 Å². The molecule has 17 heavy (non-hydrogen) atoms. The Bertz CT molecular complexity index is 379. The van der Waals surface area contributed by atoms with Crippen LogP contribution < -0.4 is 10.2 Å². The average molecular weight is 236 g/mol. The second-order valence-electron chi connectivity index (χ2n) is 3.45. The zero-order valence-electron chi connectivity index (χ0n) is 9.97. The minimum atomic E-state index is -0.631. The number of hydrogen-bond acceptors (Lipinski definition) is 3. The van der Waals surface area contributed by atoms with Crippen LogP contribution >= 0.6 is 0 Å². The van der Waals surface area contributed by atoms with Gasteiger partial charge in [-0.05, 0) is 12.1 Å². The highest BCUT2D eigenvalue weighted by Crippen LogP contribution is 2.10. The van der Waals surface area contributed by atoms with Crippen molar-refractivity contribution in [1.29, 1.82) is 0 Å². The van der Waals surface area contributed by atoms with Crippen LogP contribution in [0, 0.1) is 0 Å². The van der Waals surface area contributed by atoms with E-state index in [1.54, 1.807) is 19.2 Å². The van der Waals surface area contributed by atoms with Crippen molar-refractivity contribution in [1.82, 2.24) is 5.32 Å². The Balaban J connectivity index is 2.55. The Morgan fingerprint density at radius 3 is 2.53 bits per heavy atom. The molecule has 0 atom stereocenters. The van der Waals surface area contributed by atoms with Gasteiger partial charge in [0.2, 0.25) is 0 Å². The molecule has 2 amide bonds. The molecule has 0 saturated carbocycles. The van der Waals surface area contributed by atoms with Crippen molar-refractivity contribution < 1.29 is 14.3 Å². The van der Waals surface area contributed by atoms with Crippen molar-refractivity contribution >= 4 is 17.5 Å². The first kappa shape index (κ1) is 13.2. The average Bonchev–Trinajstić information content (AvgIpc) is 2.38. The van der Waals surface area contributed by atoms with Crippen LogP contribution in [-0.4, -0.2) is 39.1 Å². The molecule has 0 heterocycles. The highest BCUT2D eigenvalue weighted by Gasteiger charge is 2.18. The molecule has 5 heteroatoms. The van der Waals surface area contributed by atoms with Crippen molar-refractivity contribution in [2.45, 2.75) is 0 Å². The summed E-state index contributed by atoms with van der Waals surface area (Å²) < 4.78 is 4.78. The number of amides is 2. The van der Waals surface area contributed by atoms with Gasteiger partial charge < -0.3 is 15.0 Å². The number of nitrogens with one attached hydrogen (secondary N) is 1. The highest BCUT2D eigenvalue weighted by molar-refractivity contribution is 6.40. The quantitative estimate of drug-likeness (QED) is 0.608. The van der Waals surface area contributed by atoms with Crippen molar-refractivity contribution in [2.75, 3.05) is 32.2 Å². The number of carbonyl (C=O) groups is 2. The van der Waals surface area contributed by atoms with Gasteiger partial charge in [0, 0.05) is 26.4 Å². The van der Waals surface area contributed by atoms with Crippen molar-refractivity contribution in [3.8, 4) is 0 Å². The Kier molecular flexibility index (Phi) is 5.16. The summed E-state index contributed by atoms with van der Waals surface area (Å²) in [5.41, 5.74) is 0.680. The third-order valence-electron chi connectivity index (χ3n) is 2.23. The molecule has 0 spiro atoms. The lowest BCUT2D eigenvalue weighted by atomic mass is 10.3. The van der Waals surface area contributed by atoms with Crippen LogP contribution in [0.4, 0.5) is 5.69 Å². The SMILES string of the molecule is COCCNC(=O)C(=O)N(C)c1ccccc1. The van der Waals surface area contributed by atoms with Crippen LogP contribution in [0.3, 0.4) is 0 Å². The maximum atomic E-state index is 11.7. The molecule has 0 aliphatic carbocycles. The number of nitrogens with zero attached hydrogens (tertiary/aromatic N) is 1. The molecule has 1 aromatic rings. The van der Waals surface area contributed by atoms with Crippen LogP contribution in [-0.2, 0) is 14.3 Å². The van der Waals surface area contributed by atoms with Gasteiger partial charge in [-0.25, -0.2) is 0 Å². The van der Waals surface area contributed by atoms with Crippen LogP contribution in [0.5, 0.6) is 0 Å². The van der Waals surface area contributed by atoms with Gasteiger partial charge >= 0.3 is 11.8 Å². The molecule has 0 fully saturated rings. The van der Waals surface area contributed by atoms with Gasteiger partial charge in [-0.1, -0.05) is 18.2 Å². The van der Waals surface area contributed by atoms with E-state index in [-0.39, 0.29) is 0 Å². The largest absolute Gasteiger partial charge is 0.383 e. The smallest absolute Gasteiger partial charge is 0.316 e. The summed E-state index contributed by atoms with van der Waals surface area (Å²) in [7, 11) is 3.09. The van der Waals surface area contributed by atoms with E-state index in [4.69, 9.17) is 4.74 Å². The van der Waals surface area contributed by atoms with Crippen LogP contribution in [0.25, 0.3) is 0 Å². The first-order chi connectivity index (χ1) is 8.16. The number of para-hydroxylation sites is 1. The first-order valence-corrected chi connectivity index (χ1v) is 5.26. The molecule has 0 saturated heterocycles. The van der Waals surface area contributed by atoms with Crippen molar-refractivity contribution in [2.24, 2.45) is 0 Å². The lowest BCUT2D eigenvalue weighted by Gasteiger charge is -2.16. The molecule has 0 aromatic heterocycles. The van der Waals surface area contributed by atoms with E-state index in [9.17, 15) is 9.59 Å². The summed E-state index contributed by atoms with van der Waals surface area (Å²) in [4.78, 5) is 24.5. The molecule has 0 aliphatic heterocycles. The monoisotopic (exact) mass is 236 g/mol. The van der Waals surface area contributed by atoms with Crippen LogP contribution in [0.1, 0.15) is 0 Å². The molecule has 0 bridgehead atoms. The van der Waals surface area contributed by atoms with E-state index in [2.05, 4.69) is 5.32 Å². The topological polar surface area (TPSA) is 58.6 Å². The van der Waals surface area contributed by atoms with Gasteiger partial charge in [0.05, 0.1) is 6.61 Å². The van der Waals surface area contributed by atoms with E-state index < -0.39 is 11.8 Å². The van der Waals surface area contributed by atoms with Gasteiger partial charge in [-0.2, -0.15) is 0 Å². The predicted molar refractivity (Wildman–Crippen MR) is 64.7 cm³/mol. The molecule has 1 rings (SSSR count). The minimum Gasteiger partial charge on any atom is -0.383 e. The zero-order chi connectivity index (χ0) is 12.7. The molecule has 1 N–H and O–H groups in total. The Labute approximate surface area is 100 Å². The Morgan fingerprint density at radius 2 is 1.94 bits per heavy atom. The number of benzene rings is 1. The lowest BCUT2D eigenvalue weighted by molar-refractivity contribution is -0.137. The second kappa shape index (κ2) is 6.65. The minimum absolute atomic E-state index is 0.323. The number of ether oxygens (including phenoxy) is 1. The van der Waals surface area contributed by atoms with Crippen LogP contribution in [0.2, 0.25) is 0 Å². The van der Waals surface area contributed by atoms with E-state index in [1.807, 2.05) is 18.2 Å². The third kappa shape index (κ3) is 3.88. The summed E-state index contributed by atoms with van der Waals surface area (Å²) in [5, 5.41) is 2.48. The summed E-state index contributed by atoms with van der Waals surface area (Å²) in [6.45, 7) is 0.706. The van der Waals surface area contributed by atoms with Crippen LogP contribution in [0.15, 0.2) is 30.3 Å². The van der Waals surface area contributed by atoms with Gasteiger partial charge in [0.15, 0.2) is 0 Å². The predicted octanol–water partition coefficient (Wildman–Crippen LogP) is 0.412. The fraction of sp³-hybridized carbons (Fsp3) is 0.333. The van der Waals surface area contributed by atoms with E-state index in [1.165, 1.54) is 12.0 Å². The Hall–Kier alpha value is -1.88. The fourth-order valence-corrected chi connectivity index (χ4v) is 1.26. The zero-order valence-corrected chi connectivity index (χ0v) is 9.97. The number of hydrogen-bond donors (Lipinski definition) is 1. The van der Waals surface area contributed by atoms with Gasteiger partial charge in [-0.15, -0.1) is 0 Å². The molecule has 5 nitrogen and oxygen atoms in total.